The van der Waals surface area contributed by atoms with Crippen molar-refractivity contribution in [2.75, 3.05) is 17.6 Å². The molecule has 0 bridgehead atoms. The summed E-state index contributed by atoms with van der Waals surface area (Å²) in [4.78, 5) is 0. The number of hydrogen-bond acceptors (Lipinski definition) is 4. The molecule has 3 aromatic rings. The lowest BCUT2D eigenvalue weighted by atomic mass is 9.83. The molecule has 0 unspecified atom stereocenters. The van der Waals surface area contributed by atoms with Gasteiger partial charge in [0.15, 0.2) is 0 Å². The lowest BCUT2D eigenvalue weighted by molar-refractivity contribution is -0.0116. The van der Waals surface area contributed by atoms with E-state index in [1.54, 1.807) is 12.1 Å². The van der Waals surface area contributed by atoms with E-state index in [2.05, 4.69) is 70.7 Å². The first-order valence-electron chi connectivity index (χ1n) is 11.0. The summed E-state index contributed by atoms with van der Waals surface area (Å²) in [5.41, 5.74) is 4.27. The summed E-state index contributed by atoms with van der Waals surface area (Å²) in [5.74, 6) is 0.230. The molecule has 5 nitrogen and oxygen atoms in total. The Bertz CT molecular complexity index is 1040. The Morgan fingerprint density at radius 1 is 0.875 bits per heavy atom. The van der Waals surface area contributed by atoms with Gasteiger partial charge in [-0.3, -0.25) is 4.72 Å². The summed E-state index contributed by atoms with van der Waals surface area (Å²) in [7, 11) is -3.25. The molecule has 3 aromatic carbocycles. The Morgan fingerprint density at radius 2 is 1.47 bits per heavy atom. The summed E-state index contributed by atoms with van der Waals surface area (Å²) in [5, 5.41) is 3.58. The van der Waals surface area contributed by atoms with E-state index in [1.807, 2.05) is 12.1 Å². The third-order valence-corrected chi connectivity index (χ3v) is 6.46. The van der Waals surface area contributed by atoms with Crippen LogP contribution in [0.1, 0.15) is 35.4 Å². The maximum absolute atomic E-state index is 11.3. The van der Waals surface area contributed by atoms with E-state index in [-0.39, 0.29) is 12.0 Å². The van der Waals surface area contributed by atoms with E-state index in [9.17, 15) is 8.42 Å². The lowest BCUT2D eigenvalue weighted by Crippen LogP contribution is -2.41. The number of rotatable bonds is 8. The predicted octanol–water partition coefficient (Wildman–Crippen LogP) is 4.53. The van der Waals surface area contributed by atoms with Gasteiger partial charge in [-0.2, -0.15) is 0 Å². The molecule has 0 aliphatic carbocycles. The maximum atomic E-state index is 11.3. The molecule has 0 spiro atoms. The highest BCUT2D eigenvalue weighted by atomic mass is 32.2. The van der Waals surface area contributed by atoms with Crippen molar-refractivity contribution >= 4 is 15.7 Å². The highest BCUT2D eigenvalue weighted by Gasteiger charge is 2.30. The zero-order valence-electron chi connectivity index (χ0n) is 18.3. The van der Waals surface area contributed by atoms with Gasteiger partial charge >= 0.3 is 0 Å². The predicted molar refractivity (Wildman–Crippen MR) is 129 cm³/mol. The van der Waals surface area contributed by atoms with Gasteiger partial charge in [-0.1, -0.05) is 72.8 Å². The number of ether oxygens (including phenoxy) is 1. The number of sulfonamides is 1. The molecule has 1 heterocycles. The van der Waals surface area contributed by atoms with Gasteiger partial charge < -0.3 is 10.1 Å². The maximum Gasteiger partial charge on any atom is 0.229 e. The summed E-state index contributed by atoms with van der Waals surface area (Å²) >= 11 is 0. The first-order chi connectivity index (χ1) is 15.5. The Hall–Kier alpha value is -2.67. The van der Waals surface area contributed by atoms with E-state index in [0.717, 1.165) is 31.2 Å². The van der Waals surface area contributed by atoms with Gasteiger partial charge in [0.05, 0.1) is 19.0 Å². The zero-order valence-corrected chi connectivity index (χ0v) is 19.1. The van der Waals surface area contributed by atoms with Gasteiger partial charge in [0.2, 0.25) is 10.0 Å². The van der Waals surface area contributed by atoms with Crippen molar-refractivity contribution < 1.29 is 13.2 Å². The smallest absolute Gasteiger partial charge is 0.229 e. The molecule has 0 saturated carbocycles. The van der Waals surface area contributed by atoms with Gasteiger partial charge in [0.25, 0.3) is 0 Å². The molecular formula is C26H30N2O3S. The standard InChI is InChI=1S/C26H30N2O3S/c1-32(29,30)28-23-14-12-20(13-15-23)18-27-24-16-17-25(31-19-24)26(21-8-4-2-5-9-21)22-10-6-3-7-11-22/h2-15,24-28H,16-19H2,1H3/t24-,25-/m0/s1. The third-order valence-electron chi connectivity index (χ3n) is 5.85. The average Bonchev–Trinajstić information content (AvgIpc) is 2.80. The molecule has 0 aromatic heterocycles. The molecular weight excluding hydrogens is 420 g/mol. The summed E-state index contributed by atoms with van der Waals surface area (Å²) in [6, 6.07) is 29.0. The van der Waals surface area contributed by atoms with Crippen LogP contribution in [0.4, 0.5) is 5.69 Å². The van der Waals surface area contributed by atoms with Crippen LogP contribution in [-0.2, 0) is 21.3 Å². The molecule has 1 saturated heterocycles. The Kier molecular flexibility index (Phi) is 7.25. The Labute approximate surface area is 190 Å². The van der Waals surface area contributed by atoms with Crippen molar-refractivity contribution in [3.05, 3.63) is 102 Å². The lowest BCUT2D eigenvalue weighted by Gasteiger charge is -2.35. The van der Waals surface area contributed by atoms with Gasteiger partial charge in [-0.15, -0.1) is 0 Å². The minimum Gasteiger partial charge on any atom is -0.376 e. The minimum atomic E-state index is -3.25. The molecule has 4 rings (SSSR count). The second-order valence-corrected chi connectivity index (χ2v) is 10.1. The van der Waals surface area contributed by atoms with Gasteiger partial charge in [-0.05, 0) is 41.7 Å². The third kappa shape index (κ3) is 6.19. The Morgan fingerprint density at radius 3 is 1.97 bits per heavy atom. The number of nitrogens with one attached hydrogen (secondary N) is 2. The van der Waals surface area contributed by atoms with Crippen LogP contribution in [0.3, 0.4) is 0 Å². The van der Waals surface area contributed by atoms with Crippen LogP contribution in [0.15, 0.2) is 84.9 Å². The van der Waals surface area contributed by atoms with Gasteiger partial charge in [0.1, 0.15) is 0 Å². The van der Waals surface area contributed by atoms with E-state index in [4.69, 9.17) is 4.74 Å². The largest absolute Gasteiger partial charge is 0.376 e. The summed E-state index contributed by atoms with van der Waals surface area (Å²) in [6.45, 7) is 1.40. The minimum absolute atomic E-state index is 0.152. The van der Waals surface area contributed by atoms with Crippen molar-refractivity contribution in [1.82, 2.24) is 5.32 Å². The van der Waals surface area contributed by atoms with Crippen molar-refractivity contribution in [3.8, 4) is 0 Å². The van der Waals surface area contributed by atoms with Crippen LogP contribution < -0.4 is 10.0 Å². The van der Waals surface area contributed by atoms with Crippen molar-refractivity contribution in [3.63, 3.8) is 0 Å². The van der Waals surface area contributed by atoms with Crippen LogP contribution in [0.5, 0.6) is 0 Å². The van der Waals surface area contributed by atoms with Crippen LogP contribution in [-0.4, -0.2) is 33.4 Å². The molecule has 1 aliphatic rings. The van der Waals surface area contributed by atoms with Crippen molar-refractivity contribution in [2.45, 2.75) is 37.5 Å². The molecule has 0 amide bonds. The fraction of sp³-hybridized carbons (Fsp3) is 0.308. The van der Waals surface area contributed by atoms with E-state index < -0.39 is 10.0 Å². The monoisotopic (exact) mass is 450 g/mol. The normalized spacial score (nSPS) is 19.1. The molecule has 6 heteroatoms. The highest BCUT2D eigenvalue weighted by molar-refractivity contribution is 7.92. The second-order valence-electron chi connectivity index (χ2n) is 8.40. The molecule has 168 valence electrons. The fourth-order valence-corrected chi connectivity index (χ4v) is 4.87. The van der Waals surface area contributed by atoms with E-state index in [1.165, 1.54) is 11.1 Å². The van der Waals surface area contributed by atoms with Crippen LogP contribution >= 0.6 is 0 Å². The quantitative estimate of drug-likeness (QED) is 0.529. The number of hydrogen-bond donors (Lipinski definition) is 2. The molecule has 1 fully saturated rings. The SMILES string of the molecule is CS(=O)(=O)Nc1ccc(CN[C@H]2CC[C@@H](C(c3ccccc3)c3ccccc3)OC2)cc1. The number of anilines is 1. The fourth-order valence-electron chi connectivity index (χ4n) is 4.31. The van der Waals surface area contributed by atoms with Gasteiger partial charge in [-0.25, -0.2) is 8.42 Å². The number of benzene rings is 3. The molecule has 2 atom stereocenters. The highest BCUT2D eigenvalue weighted by Crippen LogP contribution is 2.34. The van der Waals surface area contributed by atoms with E-state index in [0.29, 0.717) is 18.3 Å². The summed E-state index contributed by atoms with van der Waals surface area (Å²) in [6.07, 6.45) is 3.34. The van der Waals surface area contributed by atoms with Crippen LogP contribution in [0.25, 0.3) is 0 Å². The molecule has 1 aliphatic heterocycles. The van der Waals surface area contributed by atoms with Crippen molar-refractivity contribution in [2.24, 2.45) is 0 Å². The van der Waals surface area contributed by atoms with E-state index >= 15 is 0 Å². The Balaban J connectivity index is 1.34. The molecule has 0 radical (unpaired) electrons. The molecule has 2 N–H and O–H groups in total. The van der Waals surface area contributed by atoms with Gasteiger partial charge in [0, 0.05) is 24.2 Å². The first kappa shape index (κ1) is 22.5. The molecule has 32 heavy (non-hydrogen) atoms. The van der Waals surface area contributed by atoms with Crippen LogP contribution in [0, 0.1) is 0 Å². The topological polar surface area (TPSA) is 67.4 Å². The van der Waals surface area contributed by atoms with Crippen molar-refractivity contribution in [1.29, 1.82) is 0 Å². The second kappa shape index (κ2) is 10.3. The average molecular weight is 451 g/mol. The van der Waals surface area contributed by atoms with Crippen LogP contribution in [0.2, 0.25) is 0 Å². The zero-order chi connectivity index (χ0) is 22.4. The summed E-state index contributed by atoms with van der Waals surface area (Å²) < 4.78 is 31.5. The first-order valence-corrected chi connectivity index (χ1v) is 12.9.